The van der Waals surface area contributed by atoms with Gasteiger partial charge in [0.2, 0.25) is 0 Å². The van der Waals surface area contributed by atoms with E-state index in [0.717, 1.165) is 6.42 Å². The van der Waals surface area contributed by atoms with Crippen LogP contribution in [0.3, 0.4) is 0 Å². The first-order chi connectivity index (χ1) is 7.63. The van der Waals surface area contributed by atoms with Crippen molar-refractivity contribution in [3.8, 4) is 0 Å². The number of amides is 1. The number of carbonyl (C=O) groups excluding carboxylic acids is 1. The van der Waals surface area contributed by atoms with Crippen LogP contribution in [0.2, 0.25) is 0 Å². The number of carboxylic acids is 1. The Labute approximate surface area is 93.4 Å². The second kappa shape index (κ2) is 5.95. The number of rotatable bonds is 6. The molecule has 1 aromatic rings. The van der Waals surface area contributed by atoms with E-state index in [9.17, 15) is 9.59 Å². The summed E-state index contributed by atoms with van der Waals surface area (Å²) in [5, 5.41) is 11.3. The van der Waals surface area contributed by atoms with E-state index in [2.05, 4.69) is 5.32 Å². The summed E-state index contributed by atoms with van der Waals surface area (Å²) in [7, 11) is 0. The fourth-order valence-electron chi connectivity index (χ4n) is 1.45. The first-order valence-corrected chi connectivity index (χ1v) is 5.19. The number of carbonyl (C=O) groups is 2. The zero-order chi connectivity index (χ0) is 12.0. The van der Waals surface area contributed by atoms with Gasteiger partial charge in [-0.05, 0) is 18.6 Å². The number of carboxylic acid groups (broad SMARTS) is 1. The lowest BCUT2D eigenvalue weighted by atomic mass is 10.1. The zero-order valence-corrected chi connectivity index (χ0v) is 9.10. The van der Waals surface area contributed by atoms with E-state index in [0.29, 0.717) is 6.42 Å². The van der Waals surface area contributed by atoms with Gasteiger partial charge < -0.3 is 14.8 Å². The first-order valence-electron chi connectivity index (χ1n) is 5.19. The molecule has 0 aliphatic rings. The van der Waals surface area contributed by atoms with Gasteiger partial charge >= 0.3 is 5.97 Å². The number of hydrogen-bond acceptors (Lipinski definition) is 3. The molecule has 1 aromatic heterocycles. The van der Waals surface area contributed by atoms with E-state index in [1.165, 1.54) is 6.26 Å². The van der Waals surface area contributed by atoms with E-state index in [4.69, 9.17) is 9.52 Å². The number of nitrogens with one attached hydrogen (secondary N) is 1. The predicted molar refractivity (Wildman–Crippen MR) is 57.1 cm³/mol. The minimum atomic E-state index is -0.918. The summed E-state index contributed by atoms with van der Waals surface area (Å²) in [6, 6.07) is 2.81. The lowest BCUT2D eigenvalue weighted by Crippen LogP contribution is -2.36. The third-order valence-corrected chi connectivity index (χ3v) is 2.14. The van der Waals surface area contributed by atoms with E-state index in [-0.39, 0.29) is 24.1 Å². The maximum Gasteiger partial charge on any atom is 0.305 e. The average molecular weight is 225 g/mol. The molecular weight excluding hydrogens is 210 g/mol. The summed E-state index contributed by atoms with van der Waals surface area (Å²) in [6.45, 7) is 1.94. The smallest absolute Gasteiger partial charge is 0.305 e. The molecule has 0 unspecified atom stereocenters. The molecule has 0 aliphatic heterocycles. The molecule has 5 nitrogen and oxygen atoms in total. The Bertz CT molecular complexity index is 345. The average Bonchev–Trinajstić information content (AvgIpc) is 2.69. The van der Waals surface area contributed by atoms with Crippen LogP contribution in [0.15, 0.2) is 22.8 Å². The monoisotopic (exact) mass is 225 g/mol. The van der Waals surface area contributed by atoms with E-state index < -0.39 is 5.97 Å². The van der Waals surface area contributed by atoms with Crippen LogP contribution in [0.5, 0.6) is 0 Å². The lowest BCUT2D eigenvalue weighted by Gasteiger charge is -2.14. The molecule has 0 bridgehead atoms. The molecule has 0 aliphatic carbocycles. The first kappa shape index (κ1) is 12.3. The highest BCUT2D eigenvalue weighted by atomic mass is 16.4. The van der Waals surface area contributed by atoms with E-state index in [1.807, 2.05) is 6.92 Å². The molecule has 1 amide bonds. The van der Waals surface area contributed by atoms with Crippen LogP contribution in [0.1, 0.15) is 36.7 Å². The van der Waals surface area contributed by atoms with Crippen LogP contribution in [0.4, 0.5) is 0 Å². The van der Waals surface area contributed by atoms with Gasteiger partial charge in [-0.25, -0.2) is 0 Å². The molecule has 0 aromatic carbocycles. The Morgan fingerprint density at radius 1 is 1.56 bits per heavy atom. The molecule has 0 spiro atoms. The molecule has 88 valence electrons. The molecule has 0 fully saturated rings. The van der Waals surface area contributed by atoms with Gasteiger partial charge in [0.05, 0.1) is 12.7 Å². The summed E-state index contributed by atoms with van der Waals surface area (Å²) >= 11 is 0. The van der Waals surface area contributed by atoms with Gasteiger partial charge in [0, 0.05) is 6.04 Å². The molecule has 16 heavy (non-hydrogen) atoms. The third kappa shape index (κ3) is 3.76. The SMILES string of the molecule is CCC[C@@H](CC(=O)O)NC(=O)c1ccco1. The van der Waals surface area contributed by atoms with E-state index in [1.54, 1.807) is 12.1 Å². The van der Waals surface area contributed by atoms with Gasteiger partial charge in [-0.15, -0.1) is 0 Å². The number of aliphatic carboxylic acids is 1. The molecule has 1 atom stereocenters. The van der Waals surface area contributed by atoms with Crippen LogP contribution in [-0.2, 0) is 4.79 Å². The summed E-state index contributed by atoms with van der Waals surface area (Å²) in [5.74, 6) is -1.09. The Balaban J connectivity index is 2.54. The van der Waals surface area contributed by atoms with Crippen molar-refractivity contribution in [2.24, 2.45) is 0 Å². The standard InChI is InChI=1S/C11H15NO4/c1-2-4-8(7-10(13)14)12-11(15)9-5-3-6-16-9/h3,5-6,8H,2,4,7H2,1H3,(H,12,15)(H,13,14)/t8-/m0/s1. The third-order valence-electron chi connectivity index (χ3n) is 2.14. The normalized spacial score (nSPS) is 12.1. The van der Waals surface area contributed by atoms with Gasteiger partial charge in [-0.1, -0.05) is 13.3 Å². The van der Waals surface area contributed by atoms with E-state index >= 15 is 0 Å². The minimum Gasteiger partial charge on any atom is -0.481 e. The van der Waals surface area contributed by atoms with Gasteiger partial charge in [-0.3, -0.25) is 9.59 Å². The van der Waals surface area contributed by atoms with Crippen molar-refractivity contribution < 1.29 is 19.1 Å². The molecule has 0 saturated carbocycles. The molecular formula is C11H15NO4. The Morgan fingerprint density at radius 2 is 2.31 bits per heavy atom. The van der Waals surface area contributed by atoms with Crippen molar-refractivity contribution in [1.29, 1.82) is 0 Å². The lowest BCUT2D eigenvalue weighted by molar-refractivity contribution is -0.137. The Morgan fingerprint density at radius 3 is 2.81 bits per heavy atom. The highest BCUT2D eigenvalue weighted by Gasteiger charge is 2.17. The molecule has 5 heteroatoms. The Kier molecular flexibility index (Phi) is 4.57. The van der Waals surface area contributed by atoms with Gasteiger partial charge in [0.15, 0.2) is 5.76 Å². The summed E-state index contributed by atoms with van der Waals surface area (Å²) in [6.07, 6.45) is 2.79. The summed E-state index contributed by atoms with van der Waals surface area (Å²) < 4.78 is 4.92. The van der Waals surface area contributed by atoms with Crippen LogP contribution in [0.25, 0.3) is 0 Å². The van der Waals surface area contributed by atoms with Crippen molar-refractivity contribution in [1.82, 2.24) is 5.32 Å². The maximum absolute atomic E-state index is 11.6. The van der Waals surface area contributed by atoms with Crippen LogP contribution >= 0.6 is 0 Å². The fraction of sp³-hybridized carbons (Fsp3) is 0.455. The quantitative estimate of drug-likeness (QED) is 0.771. The number of hydrogen-bond donors (Lipinski definition) is 2. The fourth-order valence-corrected chi connectivity index (χ4v) is 1.45. The minimum absolute atomic E-state index is 0.0692. The van der Waals surface area contributed by atoms with Crippen molar-refractivity contribution >= 4 is 11.9 Å². The molecule has 0 radical (unpaired) electrons. The highest BCUT2D eigenvalue weighted by molar-refractivity contribution is 5.91. The molecule has 0 saturated heterocycles. The second-order valence-electron chi connectivity index (χ2n) is 3.53. The van der Waals surface area contributed by atoms with Crippen molar-refractivity contribution in [3.05, 3.63) is 24.2 Å². The highest BCUT2D eigenvalue weighted by Crippen LogP contribution is 2.05. The number of furan rings is 1. The molecule has 1 rings (SSSR count). The predicted octanol–water partition coefficient (Wildman–Crippen LogP) is 1.65. The summed E-state index contributed by atoms with van der Waals surface area (Å²) in [4.78, 5) is 22.2. The summed E-state index contributed by atoms with van der Waals surface area (Å²) in [5.41, 5.74) is 0. The van der Waals surface area contributed by atoms with Crippen molar-refractivity contribution in [2.75, 3.05) is 0 Å². The molecule has 2 N–H and O–H groups in total. The van der Waals surface area contributed by atoms with Gasteiger partial charge in [-0.2, -0.15) is 0 Å². The maximum atomic E-state index is 11.6. The van der Waals surface area contributed by atoms with Crippen LogP contribution in [-0.4, -0.2) is 23.0 Å². The zero-order valence-electron chi connectivity index (χ0n) is 9.10. The van der Waals surface area contributed by atoms with Crippen molar-refractivity contribution in [2.45, 2.75) is 32.2 Å². The van der Waals surface area contributed by atoms with Gasteiger partial charge in [0.1, 0.15) is 0 Å². The van der Waals surface area contributed by atoms with Crippen molar-refractivity contribution in [3.63, 3.8) is 0 Å². The molecule has 1 heterocycles. The second-order valence-corrected chi connectivity index (χ2v) is 3.53. The topological polar surface area (TPSA) is 79.5 Å². The Hall–Kier alpha value is -1.78. The van der Waals surface area contributed by atoms with Gasteiger partial charge in [0.25, 0.3) is 5.91 Å². The van der Waals surface area contributed by atoms with Crippen LogP contribution in [0, 0.1) is 0 Å². The van der Waals surface area contributed by atoms with Crippen LogP contribution < -0.4 is 5.32 Å². The largest absolute Gasteiger partial charge is 0.481 e.